The molecule has 0 spiro atoms. The summed E-state index contributed by atoms with van der Waals surface area (Å²) in [5.41, 5.74) is -0.796. The average molecular weight is 309 g/mol. The fourth-order valence-electron chi connectivity index (χ4n) is 2.97. The molecule has 0 fully saturated rings. The number of carbonyl (C=O) groups is 1. The first-order valence-corrected chi connectivity index (χ1v) is 7.04. The zero-order valence-electron chi connectivity index (χ0n) is 11.9. The van der Waals surface area contributed by atoms with Crippen molar-refractivity contribution in [2.75, 3.05) is 4.90 Å². The largest absolute Gasteiger partial charge is 0.360 e. The summed E-state index contributed by atoms with van der Waals surface area (Å²) in [5, 5.41) is 11.4. The maximum Gasteiger partial charge on any atom is 0.261 e. The Morgan fingerprint density at radius 2 is 2.00 bits per heavy atom. The topological polar surface area (TPSA) is 69.2 Å². The molecule has 1 unspecified atom stereocenters. The molecule has 5 nitrogen and oxygen atoms in total. The molecule has 2 N–H and O–H groups in total. The van der Waals surface area contributed by atoms with Crippen LogP contribution < -0.4 is 4.90 Å². The molecule has 1 aromatic heterocycles. The third-order valence-electron chi connectivity index (χ3n) is 3.95. The van der Waals surface area contributed by atoms with Crippen LogP contribution in [0, 0.1) is 5.82 Å². The summed E-state index contributed by atoms with van der Waals surface area (Å²) in [6.07, 6.45) is 3.05. The molecule has 2 aromatic carbocycles. The number of hydrogen-bond donors (Lipinski definition) is 2. The van der Waals surface area contributed by atoms with Gasteiger partial charge in [-0.15, -0.1) is 0 Å². The zero-order valence-corrected chi connectivity index (χ0v) is 11.9. The van der Waals surface area contributed by atoms with E-state index in [1.165, 1.54) is 24.4 Å². The SMILES string of the molecule is O=C1c2ccccc2C(O)(c2ncc[nH]2)N1c1cccc(F)c1. The van der Waals surface area contributed by atoms with Crippen molar-refractivity contribution < 1.29 is 14.3 Å². The summed E-state index contributed by atoms with van der Waals surface area (Å²) < 4.78 is 13.6. The normalized spacial score (nSPS) is 19.9. The van der Waals surface area contributed by atoms with Crippen molar-refractivity contribution in [2.24, 2.45) is 0 Å². The van der Waals surface area contributed by atoms with Crippen molar-refractivity contribution >= 4 is 11.6 Å². The predicted molar refractivity (Wildman–Crippen MR) is 81.2 cm³/mol. The number of rotatable bonds is 2. The Hall–Kier alpha value is -2.99. The number of halogens is 1. The lowest BCUT2D eigenvalue weighted by Crippen LogP contribution is -2.45. The van der Waals surface area contributed by atoms with Crippen molar-refractivity contribution in [1.82, 2.24) is 9.97 Å². The molecular weight excluding hydrogens is 297 g/mol. The minimum Gasteiger partial charge on any atom is -0.360 e. The molecule has 0 bridgehead atoms. The Labute approximate surface area is 131 Å². The van der Waals surface area contributed by atoms with E-state index in [4.69, 9.17) is 0 Å². The lowest BCUT2D eigenvalue weighted by atomic mass is 10.0. The van der Waals surface area contributed by atoms with Gasteiger partial charge in [-0.05, 0) is 24.3 Å². The van der Waals surface area contributed by atoms with Gasteiger partial charge in [0, 0.05) is 23.5 Å². The number of aliphatic hydroxyl groups is 1. The Morgan fingerprint density at radius 3 is 2.74 bits per heavy atom. The number of nitrogens with one attached hydrogen (secondary N) is 1. The highest BCUT2D eigenvalue weighted by atomic mass is 19.1. The Bertz CT molecular complexity index is 894. The van der Waals surface area contributed by atoms with Crippen LogP contribution >= 0.6 is 0 Å². The van der Waals surface area contributed by atoms with Crippen LogP contribution in [0.15, 0.2) is 60.9 Å². The number of hydrogen-bond acceptors (Lipinski definition) is 3. The number of anilines is 1. The zero-order chi connectivity index (χ0) is 16.0. The van der Waals surface area contributed by atoms with Gasteiger partial charge >= 0.3 is 0 Å². The Balaban J connectivity index is 2.00. The maximum atomic E-state index is 13.6. The van der Waals surface area contributed by atoms with E-state index in [1.54, 1.807) is 36.5 Å². The summed E-state index contributed by atoms with van der Waals surface area (Å²) in [4.78, 5) is 20.9. The first-order valence-electron chi connectivity index (χ1n) is 7.04. The highest BCUT2D eigenvalue weighted by Crippen LogP contribution is 2.43. The van der Waals surface area contributed by atoms with E-state index in [0.29, 0.717) is 11.1 Å². The van der Waals surface area contributed by atoms with Crippen LogP contribution in [0.4, 0.5) is 10.1 Å². The highest BCUT2D eigenvalue weighted by molar-refractivity contribution is 6.12. The number of benzene rings is 2. The number of H-pyrrole nitrogens is 1. The monoisotopic (exact) mass is 309 g/mol. The third kappa shape index (κ3) is 1.82. The molecule has 0 saturated heterocycles. The van der Waals surface area contributed by atoms with E-state index in [-0.39, 0.29) is 11.5 Å². The van der Waals surface area contributed by atoms with E-state index in [0.717, 1.165) is 4.90 Å². The van der Waals surface area contributed by atoms with Crippen LogP contribution in [0.5, 0.6) is 0 Å². The average Bonchev–Trinajstić information content (AvgIpc) is 3.16. The molecule has 114 valence electrons. The van der Waals surface area contributed by atoms with Crippen LogP contribution in [-0.4, -0.2) is 21.0 Å². The van der Waals surface area contributed by atoms with Crippen molar-refractivity contribution in [3.63, 3.8) is 0 Å². The van der Waals surface area contributed by atoms with Gasteiger partial charge in [-0.1, -0.05) is 24.3 Å². The Kier molecular flexibility index (Phi) is 2.82. The number of aromatic amines is 1. The second kappa shape index (κ2) is 4.76. The summed E-state index contributed by atoms with van der Waals surface area (Å²) in [6, 6.07) is 12.3. The molecule has 1 aliphatic rings. The molecule has 1 atom stereocenters. The van der Waals surface area contributed by atoms with Crippen molar-refractivity contribution in [1.29, 1.82) is 0 Å². The standard InChI is InChI=1S/C17H12FN3O2/c18-11-4-3-5-12(10-11)21-15(22)13-6-1-2-7-14(13)17(21,23)16-19-8-9-20-16/h1-10,23H,(H,19,20). The lowest BCUT2D eigenvalue weighted by molar-refractivity contribution is 0.0652. The molecular formula is C17H12FN3O2. The van der Waals surface area contributed by atoms with E-state index < -0.39 is 17.4 Å². The second-order valence-corrected chi connectivity index (χ2v) is 5.28. The van der Waals surface area contributed by atoms with Crippen LogP contribution in [0.25, 0.3) is 0 Å². The summed E-state index contributed by atoms with van der Waals surface area (Å²) in [7, 11) is 0. The molecule has 3 aromatic rings. The first kappa shape index (κ1) is 13.7. The van der Waals surface area contributed by atoms with E-state index in [2.05, 4.69) is 9.97 Å². The van der Waals surface area contributed by atoms with Gasteiger partial charge in [-0.3, -0.25) is 9.69 Å². The van der Waals surface area contributed by atoms with Crippen molar-refractivity contribution in [3.8, 4) is 0 Å². The van der Waals surface area contributed by atoms with Gasteiger partial charge in [0.2, 0.25) is 5.72 Å². The van der Waals surface area contributed by atoms with Gasteiger partial charge in [0.15, 0.2) is 5.82 Å². The maximum absolute atomic E-state index is 13.6. The highest BCUT2D eigenvalue weighted by Gasteiger charge is 2.52. The summed E-state index contributed by atoms with van der Waals surface area (Å²) in [6.45, 7) is 0. The summed E-state index contributed by atoms with van der Waals surface area (Å²) >= 11 is 0. The van der Waals surface area contributed by atoms with Gasteiger partial charge in [-0.25, -0.2) is 9.37 Å². The van der Waals surface area contributed by atoms with E-state index in [9.17, 15) is 14.3 Å². The van der Waals surface area contributed by atoms with Crippen LogP contribution in [-0.2, 0) is 5.72 Å². The molecule has 6 heteroatoms. The van der Waals surface area contributed by atoms with Gasteiger partial charge < -0.3 is 10.1 Å². The lowest BCUT2D eigenvalue weighted by Gasteiger charge is -2.32. The molecule has 23 heavy (non-hydrogen) atoms. The van der Waals surface area contributed by atoms with Gasteiger partial charge in [0.05, 0.1) is 5.69 Å². The molecule has 2 heterocycles. The number of amides is 1. The molecule has 4 rings (SSSR count). The van der Waals surface area contributed by atoms with E-state index in [1.807, 2.05) is 0 Å². The molecule has 1 aliphatic heterocycles. The number of carbonyl (C=O) groups excluding carboxylic acids is 1. The van der Waals surface area contributed by atoms with Crippen molar-refractivity contribution in [3.05, 3.63) is 83.7 Å². The van der Waals surface area contributed by atoms with Gasteiger partial charge in [0.1, 0.15) is 5.82 Å². The molecule has 0 radical (unpaired) electrons. The number of fused-ring (bicyclic) bond motifs is 1. The molecule has 0 saturated carbocycles. The fourth-order valence-corrected chi connectivity index (χ4v) is 2.97. The van der Waals surface area contributed by atoms with Crippen molar-refractivity contribution in [2.45, 2.75) is 5.72 Å². The van der Waals surface area contributed by atoms with Crippen LogP contribution in [0.3, 0.4) is 0 Å². The van der Waals surface area contributed by atoms with Gasteiger partial charge in [0.25, 0.3) is 5.91 Å². The molecule has 0 aliphatic carbocycles. The van der Waals surface area contributed by atoms with Crippen LogP contribution in [0.1, 0.15) is 21.7 Å². The fraction of sp³-hybridized carbons (Fsp3) is 0.0588. The quantitative estimate of drug-likeness (QED) is 0.764. The minimum atomic E-state index is -1.81. The van der Waals surface area contributed by atoms with E-state index >= 15 is 0 Å². The van der Waals surface area contributed by atoms with Crippen LogP contribution in [0.2, 0.25) is 0 Å². The smallest absolute Gasteiger partial charge is 0.261 e. The number of aromatic nitrogens is 2. The molecule has 1 amide bonds. The third-order valence-corrected chi connectivity index (χ3v) is 3.95. The number of nitrogens with zero attached hydrogens (tertiary/aromatic N) is 2. The Morgan fingerprint density at radius 1 is 1.17 bits per heavy atom. The summed E-state index contributed by atoms with van der Waals surface area (Å²) in [5.74, 6) is -0.710. The minimum absolute atomic E-state index is 0.195. The predicted octanol–water partition coefficient (Wildman–Crippen LogP) is 2.40. The first-order chi connectivity index (χ1) is 11.1. The number of imidazole rings is 1. The van der Waals surface area contributed by atoms with Gasteiger partial charge in [-0.2, -0.15) is 0 Å². The second-order valence-electron chi connectivity index (χ2n) is 5.28.